The molecule has 2 aromatic carbocycles. The summed E-state index contributed by atoms with van der Waals surface area (Å²) in [5.41, 5.74) is 0.262. The lowest BCUT2D eigenvalue weighted by atomic mass is 10.2. The zero-order valence-electron chi connectivity index (χ0n) is 11.3. The number of anilines is 1. The molecule has 0 spiro atoms. The van der Waals surface area contributed by atoms with E-state index in [1.165, 1.54) is 31.4 Å². The molecule has 0 saturated heterocycles. The van der Waals surface area contributed by atoms with Crippen LogP contribution in [-0.4, -0.2) is 21.5 Å². The maximum Gasteiger partial charge on any atom is 0.337 e. The highest BCUT2D eigenvalue weighted by Gasteiger charge is 2.23. The number of carbonyl (C=O) groups is 1. The van der Waals surface area contributed by atoms with Gasteiger partial charge in [-0.2, -0.15) is 0 Å². The highest BCUT2D eigenvalue weighted by Crippen LogP contribution is 2.22. The number of hydrogen-bond donors (Lipinski definition) is 1. The average Bonchev–Trinajstić information content (AvgIpc) is 2.46. The molecule has 116 valence electrons. The third-order valence-electron chi connectivity index (χ3n) is 2.75. The molecule has 0 heterocycles. The largest absolute Gasteiger partial charge is 0.465 e. The maximum absolute atomic E-state index is 13.5. The SMILES string of the molecule is COC(=O)c1ccc(NS(=O)(=O)c2c(F)cccc2F)cc1. The van der Waals surface area contributed by atoms with Gasteiger partial charge >= 0.3 is 5.97 Å². The standard InChI is InChI=1S/C14H11F2NO4S/c1-21-14(18)9-5-7-10(8-6-9)17-22(19,20)13-11(15)3-2-4-12(13)16/h2-8,17H,1H3. The van der Waals surface area contributed by atoms with Gasteiger partial charge in [-0.25, -0.2) is 22.0 Å². The van der Waals surface area contributed by atoms with Gasteiger partial charge in [0.15, 0.2) is 4.90 Å². The van der Waals surface area contributed by atoms with Gasteiger partial charge in [0, 0.05) is 5.69 Å². The minimum absolute atomic E-state index is 0.0512. The summed E-state index contributed by atoms with van der Waals surface area (Å²) in [6.07, 6.45) is 0. The molecule has 0 bridgehead atoms. The van der Waals surface area contributed by atoms with E-state index in [9.17, 15) is 22.0 Å². The Morgan fingerprint density at radius 1 is 1.05 bits per heavy atom. The first-order valence-electron chi connectivity index (χ1n) is 6.00. The first-order valence-corrected chi connectivity index (χ1v) is 7.48. The lowest BCUT2D eigenvalue weighted by Gasteiger charge is -2.10. The molecule has 8 heteroatoms. The Balaban J connectivity index is 2.31. The van der Waals surface area contributed by atoms with Gasteiger partial charge in [0.25, 0.3) is 10.0 Å². The average molecular weight is 327 g/mol. The van der Waals surface area contributed by atoms with E-state index >= 15 is 0 Å². The van der Waals surface area contributed by atoms with Gasteiger partial charge in [0.2, 0.25) is 0 Å². The summed E-state index contributed by atoms with van der Waals surface area (Å²) in [4.78, 5) is 10.2. The summed E-state index contributed by atoms with van der Waals surface area (Å²) in [6.45, 7) is 0. The van der Waals surface area contributed by atoms with Gasteiger partial charge in [-0.1, -0.05) is 6.07 Å². The van der Waals surface area contributed by atoms with Gasteiger partial charge < -0.3 is 4.74 Å². The van der Waals surface area contributed by atoms with E-state index in [1.54, 1.807) is 0 Å². The van der Waals surface area contributed by atoms with Crippen LogP contribution in [0.2, 0.25) is 0 Å². The number of rotatable bonds is 4. The van der Waals surface area contributed by atoms with Crippen molar-refractivity contribution in [3.63, 3.8) is 0 Å². The minimum atomic E-state index is -4.43. The van der Waals surface area contributed by atoms with Crippen molar-refractivity contribution in [1.82, 2.24) is 0 Å². The van der Waals surface area contributed by atoms with Crippen molar-refractivity contribution < 1.29 is 26.7 Å². The topological polar surface area (TPSA) is 72.5 Å². The van der Waals surface area contributed by atoms with Crippen LogP contribution < -0.4 is 4.72 Å². The highest BCUT2D eigenvalue weighted by atomic mass is 32.2. The van der Waals surface area contributed by atoms with Gasteiger partial charge in [-0.15, -0.1) is 0 Å². The zero-order chi connectivity index (χ0) is 16.3. The van der Waals surface area contributed by atoms with E-state index in [0.29, 0.717) is 0 Å². The number of halogens is 2. The van der Waals surface area contributed by atoms with Crippen molar-refractivity contribution in [3.05, 3.63) is 59.7 Å². The number of hydrogen-bond acceptors (Lipinski definition) is 4. The normalized spacial score (nSPS) is 11.0. The van der Waals surface area contributed by atoms with Crippen LogP contribution in [-0.2, 0) is 14.8 Å². The van der Waals surface area contributed by atoms with E-state index in [-0.39, 0.29) is 11.3 Å². The number of sulfonamides is 1. The molecule has 0 unspecified atom stereocenters. The Bertz CT molecular complexity index is 784. The molecule has 0 aliphatic carbocycles. The Morgan fingerprint density at radius 2 is 1.59 bits per heavy atom. The summed E-state index contributed by atoms with van der Waals surface area (Å²) in [7, 11) is -3.22. The Hall–Kier alpha value is -2.48. The van der Waals surface area contributed by atoms with Crippen LogP contribution in [0.25, 0.3) is 0 Å². The van der Waals surface area contributed by atoms with Crippen LogP contribution in [0.1, 0.15) is 10.4 Å². The smallest absolute Gasteiger partial charge is 0.337 e. The van der Waals surface area contributed by atoms with Crippen molar-refractivity contribution in [2.75, 3.05) is 11.8 Å². The lowest BCUT2D eigenvalue weighted by molar-refractivity contribution is 0.0601. The molecule has 0 atom stereocenters. The van der Waals surface area contributed by atoms with E-state index in [4.69, 9.17) is 0 Å². The first-order chi connectivity index (χ1) is 10.3. The van der Waals surface area contributed by atoms with E-state index in [2.05, 4.69) is 4.74 Å². The molecule has 0 saturated carbocycles. The number of methoxy groups -OCH3 is 1. The molecule has 1 N–H and O–H groups in total. The van der Waals surface area contributed by atoms with Gasteiger partial charge in [0.1, 0.15) is 11.6 Å². The molecular weight excluding hydrogens is 316 g/mol. The van der Waals surface area contributed by atoms with E-state index in [1.807, 2.05) is 4.72 Å². The third kappa shape index (κ3) is 3.22. The number of benzene rings is 2. The molecule has 0 aromatic heterocycles. The number of nitrogens with one attached hydrogen (secondary N) is 1. The highest BCUT2D eigenvalue weighted by molar-refractivity contribution is 7.92. The van der Waals surface area contributed by atoms with Crippen LogP contribution in [0.5, 0.6) is 0 Å². The lowest BCUT2D eigenvalue weighted by Crippen LogP contribution is -2.16. The maximum atomic E-state index is 13.5. The molecular formula is C14H11F2NO4S. The second kappa shape index (κ2) is 6.10. The van der Waals surface area contributed by atoms with Crippen LogP contribution >= 0.6 is 0 Å². The fraction of sp³-hybridized carbons (Fsp3) is 0.0714. The predicted molar refractivity (Wildman–Crippen MR) is 74.9 cm³/mol. The van der Waals surface area contributed by atoms with E-state index < -0.39 is 32.5 Å². The van der Waals surface area contributed by atoms with Crippen LogP contribution in [0.15, 0.2) is 47.4 Å². The zero-order valence-corrected chi connectivity index (χ0v) is 12.2. The second-order valence-corrected chi connectivity index (χ2v) is 5.84. The molecule has 22 heavy (non-hydrogen) atoms. The molecule has 0 amide bonds. The summed E-state index contributed by atoms with van der Waals surface area (Å²) >= 11 is 0. The Labute approximate surface area is 125 Å². The number of ether oxygens (including phenoxy) is 1. The van der Waals surface area contributed by atoms with Crippen molar-refractivity contribution >= 4 is 21.7 Å². The van der Waals surface area contributed by atoms with Gasteiger partial charge in [-0.05, 0) is 36.4 Å². The molecule has 0 aliphatic heterocycles. The monoisotopic (exact) mass is 327 g/mol. The van der Waals surface area contributed by atoms with E-state index in [0.717, 1.165) is 18.2 Å². The predicted octanol–water partition coefficient (Wildman–Crippen LogP) is 2.55. The van der Waals surface area contributed by atoms with Crippen LogP contribution in [0.4, 0.5) is 14.5 Å². The minimum Gasteiger partial charge on any atom is -0.465 e. The Morgan fingerprint density at radius 3 is 2.09 bits per heavy atom. The fourth-order valence-electron chi connectivity index (χ4n) is 1.74. The molecule has 0 aliphatic rings. The number of carbonyl (C=O) groups excluding carboxylic acids is 1. The third-order valence-corrected chi connectivity index (χ3v) is 4.18. The van der Waals surface area contributed by atoms with Crippen molar-refractivity contribution in [3.8, 4) is 0 Å². The van der Waals surface area contributed by atoms with Crippen molar-refractivity contribution in [2.24, 2.45) is 0 Å². The van der Waals surface area contributed by atoms with Crippen LogP contribution in [0.3, 0.4) is 0 Å². The molecule has 2 rings (SSSR count). The van der Waals surface area contributed by atoms with Crippen molar-refractivity contribution in [2.45, 2.75) is 4.90 Å². The fourth-order valence-corrected chi connectivity index (χ4v) is 2.94. The van der Waals surface area contributed by atoms with Crippen molar-refractivity contribution in [1.29, 1.82) is 0 Å². The van der Waals surface area contributed by atoms with Gasteiger partial charge in [-0.3, -0.25) is 4.72 Å². The Kier molecular flexibility index (Phi) is 4.41. The summed E-state index contributed by atoms with van der Waals surface area (Å²) in [6, 6.07) is 7.96. The first kappa shape index (κ1) is 15.9. The quantitative estimate of drug-likeness (QED) is 0.876. The summed E-state index contributed by atoms with van der Waals surface area (Å²) < 4.78 is 57.7. The molecule has 0 fully saturated rings. The summed E-state index contributed by atoms with van der Waals surface area (Å²) in [5.74, 6) is -2.98. The molecule has 5 nitrogen and oxygen atoms in total. The second-order valence-electron chi connectivity index (χ2n) is 4.23. The van der Waals surface area contributed by atoms with Gasteiger partial charge in [0.05, 0.1) is 12.7 Å². The molecule has 0 radical (unpaired) electrons. The van der Waals surface area contributed by atoms with Crippen LogP contribution in [0, 0.1) is 11.6 Å². The number of esters is 1. The summed E-state index contributed by atoms with van der Waals surface area (Å²) in [5, 5.41) is 0. The molecule has 2 aromatic rings.